The van der Waals surface area contributed by atoms with E-state index < -0.39 is 11.9 Å². The number of rotatable bonds is 8. The second kappa shape index (κ2) is 11.1. The number of carbonyl (C=O) groups excluding carboxylic acids is 3. The molecule has 0 fully saturated rings. The van der Waals surface area contributed by atoms with E-state index in [4.69, 9.17) is 4.74 Å². The van der Waals surface area contributed by atoms with E-state index in [2.05, 4.69) is 21.2 Å². The molecule has 0 bridgehead atoms. The fraction of sp³-hybridized carbons (Fsp3) is 0.318. The second-order valence-corrected chi connectivity index (χ2v) is 8.27. The average Bonchev–Trinajstić information content (AvgIpc) is 3.04. The number of hydrogen-bond donors (Lipinski definition) is 1. The molecule has 0 saturated heterocycles. The topological polar surface area (TPSA) is 75.7 Å². The number of esters is 1. The normalized spacial score (nSPS) is 10.8. The van der Waals surface area contributed by atoms with Gasteiger partial charge in [-0.1, -0.05) is 28.1 Å². The van der Waals surface area contributed by atoms with Crippen molar-refractivity contribution in [2.75, 3.05) is 25.0 Å². The molecule has 0 atom stereocenters. The summed E-state index contributed by atoms with van der Waals surface area (Å²) in [6, 6.07) is 7.50. The van der Waals surface area contributed by atoms with Crippen LogP contribution in [0, 0.1) is 6.92 Å². The Bertz CT molecular complexity index is 947. The van der Waals surface area contributed by atoms with E-state index in [-0.39, 0.29) is 18.1 Å². The molecule has 160 valence electrons. The van der Waals surface area contributed by atoms with Crippen LogP contribution in [0.3, 0.4) is 0 Å². The van der Waals surface area contributed by atoms with Gasteiger partial charge < -0.3 is 15.0 Å². The van der Waals surface area contributed by atoms with E-state index in [9.17, 15) is 14.4 Å². The number of ether oxygens (including phenoxy) is 1. The zero-order valence-corrected chi connectivity index (χ0v) is 19.9. The second-order valence-electron chi connectivity index (χ2n) is 6.33. The quantitative estimate of drug-likeness (QED) is 0.409. The van der Waals surface area contributed by atoms with Gasteiger partial charge in [-0.05, 0) is 57.0 Å². The summed E-state index contributed by atoms with van der Waals surface area (Å²) in [5.74, 6) is -1.12. The van der Waals surface area contributed by atoms with Gasteiger partial charge in [0.1, 0.15) is 5.00 Å². The van der Waals surface area contributed by atoms with Crippen LogP contribution in [-0.4, -0.2) is 42.4 Å². The maximum atomic E-state index is 12.9. The fourth-order valence-electron chi connectivity index (χ4n) is 2.81. The van der Waals surface area contributed by atoms with Crippen LogP contribution in [0.5, 0.6) is 0 Å². The molecule has 0 spiro atoms. The summed E-state index contributed by atoms with van der Waals surface area (Å²) in [5.41, 5.74) is 1.60. The van der Waals surface area contributed by atoms with Gasteiger partial charge in [-0.3, -0.25) is 9.59 Å². The molecular formula is C22H25BrN2O4S. The smallest absolute Gasteiger partial charge is 0.341 e. The highest BCUT2D eigenvalue weighted by Gasteiger charge is 2.27. The van der Waals surface area contributed by atoms with Crippen LogP contribution in [0.2, 0.25) is 0 Å². The number of amides is 2. The van der Waals surface area contributed by atoms with Gasteiger partial charge in [0, 0.05) is 23.6 Å². The third-order valence-electron chi connectivity index (χ3n) is 4.41. The van der Waals surface area contributed by atoms with Crippen LogP contribution in [0.1, 0.15) is 51.9 Å². The van der Waals surface area contributed by atoms with Crippen molar-refractivity contribution in [3.05, 3.63) is 56.4 Å². The minimum Gasteiger partial charge on any atom is -0.462 e. The van der Waals surface area contributed by atoms with E-state index in [0.29, 0.717) is 28.5 Å². The van der Waals surface area contributed by atoms with Crippen molar-refractivity contribution in [1.82, 2.24) is 4.90 Å². The summed E-state index contributed by atoms with van der Waals surface area (Å²) >= 11 is 4.46. The summed E-state index contributed by atoms with van der Waals surface area (Å²) in [6.07, 6.45) is 3.06. The molecule has 2 aromatic rings. The number of carbonyl (C=O) groups is 3. The van der Waals surface area contributed by atoms with E-state index in [1.54, 1.807) is 24.8 Å². The Morgan fingerprint density at radius 1 is 1.13 bits per heavy atom. The lowest BCUT2D eigenvalue weighted by Crippen LogP contribution is -2.30. The highest BCUT2D eigenvalue weighted by atomic mass is 79.9. The first-order valence-electron chi connectivity index (χ1n) is 9.66. The Morgan fingerprint density at radius 2 is 1.77 bits per heavy atom. The Balaban J connectivity index is 2.33. The zero-order valence-electron chi connectivity index (χ0n) is 17.5. The van der Waals surface area contributed by atoms with Crippen molar-refractivity contribution in [3.8, 4) is 0 Å². The van der Waals surface area contributed by atoms with Gasteiger partial charge in [0.2, 0.25) is 5.91 Å². The fourth-order valence-corrected chi connectivity index (χ4v) is 4.24. The first kappa shape index (κ1) is 23.8. The predicted molar refractivity (Wildman–Crippen MR) is 124 cm³/mol. The molecule has 0 unspecified atom stereocenters. The Labute approximate surface area is 189 Å². The van der Waals surface area contributed by atoms with E-state index in [0.717, 1.165) is 21.4 Å². The van der Waals surface area contributed by atoms with Crippen molar-refractivity contribution in [1.29, 1.82) is 0 Å². The average molecular weight is 493 g/mol. The summed E-state index contributed by atoms with van der Waals surface area (Å²) in [6.45, 7) is 8.51. The zero-order chi connectivity index (χ0) is 22.3. The van der Waals surface area contributed by atoms with Crippen molar-refractivity contribution in [2.45, 2.75) is 27.7 Å². The largest absolute Gasteiger partial charge is 0.462 e. The third kappa shape index (κ3) is 5.79. The molecule has 0 radical (unpaired) electrons. The van der Waals surface area contributed by atoms with Crippen LogP contribution >= 0.6 is 27.3 Å². The number of benzene rings is 1. The highest BCUT2D eigenvalue weighted by molar-refractivity contribution is 9.10. The number of thiophene rings is 1. The van der Waals surface area contributed by atoms with E-state index in [1.165, 1.54) is 6.08 Å². The maximum absolute atomic E-state index is 12.9. The first-order chi connectivity index (χ1) is 14.3. The van der Waals surface area contributed by atoms with Gasteiger partial charge in [0.05, 0.1) is 17.0 Å². The summed E-state index contributed by atoms with van der Waals surface area (Å²) in [7, 11) is 0. The van der Waals surface area contributed by atoms with E-state index >= 15 is 0 Å². The summed E-state index contributed by atoms with van der Waals surface area (Å²) in [4.78, 5) is 39.9. The number of hydrogen-bond acceptors (Lipinski definition) is 5. The SMILES string of the molecule is CCOC(=O)c1c(NC(=O)/C=C\c2ccc(Br)cc2)sc(C(=O)N(CC)CC)c1C. The molecule has 1 aromatic carbocycles. The predicted octanol–water partition coefficient (Wildman–Crippen LogP) is 5.13. The Kier molecular flexibility index (Phi) is 8.80. The van der Waals surface area contributed by atoms with Crippen LogP contribution in [0.25, 0.3) is 6.08 Å². The Hall–Kier alpha value is -2.45. The molecule has 0 aliphatic carbocycles. The molecule has 30 heavy (non-hydrogen) atoms. The molecule has 0 aliphatic heterocycles. The molecule has 1 N–H and O–H groups in total. The minimum absolute atomic E-state index is 0.168. The highest BCUT2D eigenvalue weighted by Crippen LogP contribution is 2.34. The van der Waals surface area contributed by atoms with Crippen molar-refractivity contribution < 1.29 is 19.1 Å². The van der Waals surface area contributed by atoms with Gasteiger partial charge in [0.25, 0.3) is 5.91 Å². The maximum Gasteiger partial charge on any atom is 0.341 e. The summed E-state index contributed by atoms with van der Waals surface area (Å²) in [5, 5.41) is 3.05. The third-order valence-corrected chi connectivity index (χ3v) is 6.13. The number of nitrogens with zero attached hydrogens (tertiary/aromatic N) is 1. The minimum atomic E-state index is -0.558. The van der Waals surface area contributed by atoms with Gasteiger partial charge in [-0.15, -0.1) is 11.3 Å². The lowest BCUT2D eigenvalue weighted by atomic mass is 10.1. The number of nitrogens with one attached hydrogen (secondary N) is 1. The lowest BCUT2D eigenvalue weighted by Gasteiger charge is -2.18. The standard InChI is InChI=1S/C22H25BrN2O4S/c1-5-25(6-2)21(27)19-14(4)18(22(28)29-7-3)20(30-19)24-17(26)13-10-15-8-11-16(23)12-9-15/h8-13H,5-7H2,1-4H3,(H,24,26)/b13-10-. The monoisotopic (exact) mass is 492 g/mol. The molecular weight excluding hydrogens is 468 g/mol. The van der Waals surface area contributed by atoms with E-state index in [1.807, 2.05) is 38.1 Å². The van der Waals surface area contributed by atoms with Crippen molar-refractivity contribution in [3.63, 3.8) is 0 Å². The summed E-state index contributed by atoms with van der Waals surface area (Å²) < 4.78 is 6.09. The molecule has 6 nitrogen and oxygen atoms in total. The molecule has 1 heterocycles. The Morgan fingerprint density at radius 3 is 2.33 bits per heavy atom. The van der Waals surface area contributed by atoms with Crippen molar-refractivity contribution >= 4 is 56.1 Å². The van der Waals surface area contributed by atoms with Crippen LogP contribution in [0.15, 0.2) is 34.8 Å². The van der Waals surface area contributed by atoms with Crippen LogP contribution in [-0.2, 0) is 9.53 Å². The molecule has 0 aliphatic rings. The lowest BCUT2D eigenvalue weighted by molar-refractivity contribution is -0.111. The van der Waals surface area contributed by atoms with Crippen LogP contribution in [0.4, 0.5) is 5.00 Å². The van der Waals surface area contributed by atoms with Gasteiger partial charge in [0.15, 0.2) is 0 Å². The molecule has 2 amide bonds. The van der Waals surface area contributed by atoms with Gasteiger partial charge in [-0.2, -0.15) is 0 Å². The molecule has 2 rings (SSSR count). The molecule has 1 aromatic heterocycles. The molecule has 0 saturated carbocycles. The number of halogens is 1. The number of anilines is 1. The van der Waals surface area contributed by atoms with Gasteiger partial charge in [-0.25, -0.2) is 4.79 Å². The molecule has 8 heteroatoms. The van der Waals surface area contributed by atoms with Gasteiger partial charge >= 0.3 is 5.97 Å². The first-order valence-corrected chi connectivity index (χ1v) is 11.3. The van der Waals surface area contributed by atoms with Crippen LogP contribution < -0.4 is 5.32 Å². The van der Waals surface area contributed by atoms with Crippen molar-refractivity contribution in [2.24, 2.45) is 0 Å².